The largest absolute Gasteiger partial charge is 0.339 e. The van der Waals surface area contributed by atoms with Gasteiger partial charge in [-0.1, -0.05) is 32.9 Å². The summed E-state index contributed by atoms with van der Waals surface area (Å²) in [5.74, 6) is 0.938. The van der Waals surface area contributed by atoms with Crippen LogP contribution in [0.3, 0.4) is 0 Å². The number of aromatic nitrogens is 2. The maximum absolute atomic E-state index is 13.7. The summed E-state index contributed by atoms with van der Waals surface area (Å²) in [5, 5.41) is 4.02. The fourth-order valence-corrected chi connectivity index (χ4v) is 9.15. The van der Waals surface area contributed by atoms with Gasteiger partial charge < -0.3 is 14.3 Å². The van der Waals surface area contributed by atoms with Crippen LogP contribution in [0, 0.1) is 11.3 Å². The van der Waals surface area contributed by atoms with E-state index in [1.54, 1.807) is 13.8 Å². The van der Waals surface area contributed by atoms with Gasteiger partial charge in [-0.15, -0.1) is 0 Å². The average Bonchev–Trinajstić information content (AvgIpc) is 3.44. The second-order valence-corrected chi connectivity index (χ2v) is 15.2. The highest BCUT2D eigenvalue weighted by Crippen LogP contribution is 2.52. The third-order valence-electron chi connectivity index (χ3n) is 8.34. The van der Waals surface area contributed by atoms with Crippen molar-refractivity contribution in [3.63, 3.8) is 0 Å². The van der Waals surface area contributed by atoms with E-state index in [2.05, 4.69) is 10.1 Å². The number of carbonyl (C=O) groups is 1. The Kier molecular flexibility index (Phi) is 7.74. The van der Waals surface area contributed by atoms with E-state index >= 15 is 0 Å². The first-order valence-electron chi connectivity index (χ1n) is 13.9. The summed E-state index contributed by atoms with van der Waals surface area (Å²) in [5.41, 5.74) is -0.723. The first kappa shape index (κ1) is 29.0. The molecule has 1 aliphatic carbocycles. The molecule has 220 valence electrons. The summed E-state index contributed by atoms with van der Waals surface area (Å²) in [6.07, 6.45) is 1.36. The fraction of sp³-hybridized carbons (Fsp3) is 0.654. The van der Waals surface area contributed by atoms with Gasteiger partial charge in [0.25, 0.3) is 0 Å². The summed E-state index contributed by atoms with van der Waals surface area (Å²) in [6.45, 7) is 10.8. The zero-order chi connectivity index (χ0) is 28.9. The van der Waals surface area contributed by atoms with Crippen molar-refractivity contribution in [3.05, 3.63) is 30.1 Å². The Morgan fingerprint density at radius 1 is 1.02 bits per heavy atom. The van der Waals surface area contributed by atoms with Gasteiger partial charge in [0.1, 0.15) is 0 Å². The molecule has 14 heteroatoms. The molecule has 1 amide bonds. The molecule has 3 saturated heterocycles. The maximum Gasteiger partial charge on any atom is 0.324 e. The van der Waals surface area contributed by atoms with E-state index in [9.17, 15) is 21.6 Å². The molecule has 2 aromatic rings. The van der Waals surface area contributed by atoms with Gasteiger partial charge in [-0.05, 0) is 43.0 Å². The summed E-state index contributed by atoms with van der Waals surface area (Å²) in [4.78, 5) is 22.0. The van der Waals surface area contributed by atoms with Crippen LogP contribution in [0.25, 0.3) is 0 Å². The highest BCUT2D eigenvalue weighted by atomic mass is 32.2. The van der Waals surface area contributed by atoms with Crippen LogP contribution in [0.5, 0.6) is 0 Å². The Morgan fingerprint density at radius 2 is 1.62 bits per heavy atom. The van der Waals surface area contributed by atoms with E-state index in [-0.39, 0.29) is 34.1 Å². The molecule has 40 heavy (non-hydrogen) atoms. The molecule has 12 nitrogen and oxygen atoms in total. The molecule has 2 bridgehead atoms. The summed E-state index contributed by atoms with van der Waals surface area (Å²) in [7, 11) is -7.58. The highest BCUT2D eigenvalue weighted by molar-refractivity contribution is 7.89. The lowest BCUT2D eigenvalue weighted by atomic mass is 9.58. The first-order valence-corrected chi connectivity index (χ1v) is 16.8. The van der Waals surface area contributed by atoms with E-state index < -0.39 is 25.5 Å². The van der Waals surface area contributed by atoms with E-state index in [0.717, 1.165) is 0 Å². The monoisotopic (exact) mass is 594 g/mol. The topological polar surface area (TPSA) is 137 Å². The summed E-state index contributed by atoms with van der Waals surface area (Å²) >= 11 is 0. The van der Waals surface area contributed by atoms with Gasteiger partial charge in [-0.2, -0.15) is 13.6 Å². The highest BCUT2D eigenvalue weighted by Gasteiger charge is 2.58. The van der Waals surface area contributed by atoms with Gasteiger partial charge >= 0.3 is 6.01 Å². The predicted molar refractivity (Wildman–Crippen MR) is 148 cm³/mol. The number of sulfonamides is 2. The molecule has 0 N–H and O–H groups in total. The minimum Gasteiger partial charge on any atom is -0.339 e. The van der Waals surface area contributed by atoms with Crippen molar-refractivity contribution >= 4 is 32.0 Å². The van der Waals surface area contributed by atoms with Gasteiger partial charge in [0, 0.05) is 58.3 Å². The number of anilines is 1. The Hall–Kier alpha value is -2.55. The molecular formula is C26H38N6O6S2. The molecule has 3 aliphatic heterocycles. The zero-order valence-electron chi connectivity index (χ0n) is 23.5. The van der Waals surface area contributed by atoms with Crippen LogP contribution in [0.4, 0.5) is 6.01 Å². The van der Waals surface area contributed by atoms with E-state index in [0.29, 0.717) is 70.5 Å². The second-order valence-electron chi connectivity index (χ2n) is 11.3. The molecule has 0 atom stereocenters. The standard InChI is InChI=1S/C26H38N6O6S2/c1-5-31(6-2)39(34,35)21-7-9-22(10-8-21)40(36,37)32-17-20-15-26(16-20,18-32)24(33)29-11-13-30(14-12-29)25-27-23(19(3)4)28-38-25/h7-10,19-20H,5-6,11-18H2,1-4H3. The van der Waals surface area contributed by atoms with E-state index in [1.165, 1.54) is 32.9 Å². The number of fused-ring (bicyclic) bond motifs is 2. The number of piperazine rings is 1. The Bertz CT molecular complexity index is 1440. The maximum atomic E-state index is 13.7. The number of benzene rings is 1. The van der Waals surface area contributed by atoms with Gasteiger partial charge in [0.05, 0.1) is 15.2 Å². The van der Waals surface area contributed by atoms with Gasteiger partial charge in [0.2, 0.25) is 26.0 Å². The molecule has 4 fully saturated rings. The molecule has 0 spiro atoms. The summed E-state index contributed by atoms with van der Waals surface area (Å²) < 4.78 is 60.9. The minimum absolute atomic E-state index is 0.00244. The average molecular weight is 595 g/mol. The number of amides is 1. The molecule has 0 unspecified atom stereocenters. The SMILES string of the molecule is CCN(CC)S(=O)(=O)c1ccc(S(=O)(=O)N2CC3CC(C(=O)N4CCN(c5nc(C(C)C)no5)CC4)(C3)C2)cc1. The number of piperidine rings is 2. The quantitative estimate of drug-likeness (QED) is 0.427. The van der Waals surface area contributed by atoms with E-state index in [1.807, 2.05) is 23.6 Å². The van der Waals surface area contributed by atoms with Crippen LogP contribution in [0.2, 0.25) is 0 Å². The fourth-order valence-electron chi connectivity index (χ4n) is 6.09. The van der Waals surface area contributed by atoms with Crippen LogP contribution in [0.15, 0.2) is 38.6 Å². The predicted octanol–water partition coefficient (Wildman–Crippen LogP) is 1.97. The number of hydrogen-bond acceptors (Lipinski definition) is 9. The lowest BCUT2D eigenvalue weighted by Gasteiger charge is -2.56. The van der Waals surface area contributed by atoms with Gasteiger partial charge in [0.15, 0.2) is 5.82 Å². The molecule has 1 aromatic carbocycles. The molecular weight excluding hydrogens is 556 g/mol. The smallest absolute Gasteiger partial charge is 0.324 e. The van der Waals surface area contributed by atoms with Crippen LogP contribution >= 0.6 is 0 Å². The summed E-state index contributed by atoms with van der Waals surface area (Å²) in [6, 6.07) is 5.85. The molecule has 0 radical (unpaired) electrons. The van der Waals surface area contributed by atoms with Gasteiger partial charge in [-0.3, -0.25) is 4.79 Å². The van der Waals surface area contributed by atoms with Gasteiger partial charge in [-0.25, -0.2) is 16.8 Å². The molecule has 1 saturated carbocycles. The number of rotatable bonds is 9. The number of carbonyl (C=O) groups excluding carboxylic acids is 1. The molecule has 4 aliphatic rings. The van der Waals surface area contributed by atoms with Crippen molar-refractivity contribution in [1.29, 1.82) is 0 Å². The minimum atomic E-state index is -3.89. The second kappa shape index (κ2) is 10.7. The molecule has 1 aromatic heterocycles. The molecule has 6 rings (SSSR count). The van der Waals surface area contributed by atoms with Crippen LogP contribution < -0.4 is 4.90 Å². The van der Waals surface area contributed by atoms with Crippen LogP contribution in [-0.2, 0) is 24.8 Å². The van der Waals surface area contributed by atoms with Crippen molar-refractivity contribution in [2.45, 2.75) is 56.2 Å². The van der Waals surface area contributed by atoms with E-state index in [4.69, 9.17) is 4.52 Å². The Morgan fingerprint density at radius 3 is 2.17 bits per heavy atom. The number of hydrogen-bond donors (Lipinski definition) is 0. The van der Waals surface area contributed by atoms with Crippen molar-refractivity contribution in [3.8, 4) is 0 Å². The third kappa shape index (κ3) is 5.03. The molecule has 4 heterocycles. The van der Waals surface area contributed by atoms with Crippen molar-refractivity contribution in [2.24, 2.45) is 11.3 Å². The normalized spacial score (nSPS) is 24.0. The van der Waals surface area contributed by atoms with Crippen LogP contribution in [-0.4, -0.2) is 98.8 Å². The lowest BCUT2D eigenvalue weighted by molar-refractivity contribution is -0.157. The van der Waals surface area contributed by atoms with Crippen molar-refractivity contribution in [1.82, 2.24) is 23.7 Å². The lowest BCUT2D eigenvalue weighted by Crippen LogP contribution is -2.65. The Labute approximate surface area is 236 Å². The van der Waals surface area contributed by atoms with Crippen LogP contribution in [0.1, 0.15) is 52.3 Å². The Balaban J connectivity index is 1.25. The first-order chi connectivity index (χ1) is 18.9. The third-order valence-corrected chi connectivity index (χ3v) is 12.2. The zero-order valence-corrected chi connectivity index (χ0v) is 25.1. The number of nitrogens with zero attached hydrogens (tertiary/aromatic N) is 6. The van der Waals surface area contributed by atoms with Crippen molar-refractivity contribution in [2.75, 3.05) is 57.3 Å². The van der Waals surface area contributed by atoms with Crippen molar-refractivity contribution < 1.29 is 26.2 Å².